The van der Waals surface area contributed by atoms with Crippen LogP contribution in [0.15, 0.2) is 73.2 Å². The molecule has 2 aromatic heterocycles. The Labute approximate surface area is 224 Å². The number of ether oxygens (including phenoxy) is 1. The highest BCUT2D eigenvalue weighted by Gasteiger charge is 2.42. The van der Waals surface area contributed by atoms with Crippen LogP contribution >= 0.6 is 0 Å². The summed E-state index contributed by atoms with van der Waals surface area (Å²) in [5, 5.41) is 29.7. The summed E-state index contributed by atoms with van der Waals surface area (Å²) in [5.74, 6) is 2.96. The molecule has 39 heavy (non-hydrogen) atoms. The van der Waals surface area contributed by atoms with E-state index in [0.717, 1.165) is 33.8 Å². The molecule has 0 saturated heterocycles. The fourth-order valence-corrected chi connectivity index (χ4v) is 3.74. The Hall–Kier alpha value is -4.24. The number of likely N-dealkylation sites (N-methyl/N-ethyl adjacent to an activating group) is 1. The van der Waals surface area contributed by atoms with Crippen LogP contribution in [0.4, 0.5) is 8.78 Å². The molecule has 0 saturated carbocycles. The average molecular weight is 535 g/mol. The van der Waals surface area contributed by atoms with Crippen LogP contribution in [0.5, 0.6) is 5.75 Å². The van der Waals surface area contributed by atoms with Crippen LogP contribution in [-0.4, -0.2) is 67.1 Å². The molecule has 0 spiro atoms. The van der Waals surface area contributed by atoms with Crippen molar-refractivity contribution < 1.29 is 23.7 Å². The summed E-state index contributed by atoms with van der Waals surface area (Å²) in [6.07, 6.45) is 0.334. The molecule has 0 fully saturated rings. The van der Waals surface area contributed by atoms with Crippen LogP contribution in [0.1, 0.15) is 34.0 Å². The number of alkyl halides is 2. The minimum atomic E-state index is -3.59. The van der Waals surface area contributed by atoms with E-state index in [0.29, 0.717) is 17.9 Å². The highest BCUT2D eigenvalue weighted by Crippen LogP contribution is 2.31. The standard InChI is InChI=1S/C28H28F2N6O3/c1-35(2)25(17-37)23-10-5-22(6-11-23)18-39-24-12-7-20(8-13-24)3-4-21-9-14-26(31-15-21)28(29,30)27(38)16-36-19-32-33-34-36/h5-15,19,25,27,37-38H,16-18H2,1-2H3. The van der Waals surface area contributed by atoms with Crippen molar-refractivity contribution in [3.8, 4) is 17.6 Å². The third kappa shape index (κ3) is 7.20. The Morgan fingerprint density at radius 2 is 1.69 bits per heavy atom. The smallest absolute Gasteiger partial charge is 0.316 e. The summed E-state index contributed by atoms with van der Waals surface area (Å²) in [7, 11) is 3.85. The topological polar surface area (TPSA) is 109 Å². The Bertz CT molecular complexity index is 1380. The molecule has 0 aliphatic heterocycles. The lowest BCUT2D eigenvalue weighted by atomic mass is 10.0. The van der Waals surface area contributed by atoms with Gasteiger partial charge in [0, 0.05) is 17.3 Å². The largest absolute Gasteiger partial charge is 0.489 e. The number of hydrogen-bond donors (Lipinski definition) is 2. The number of halogens is 2. The van der Waals surface area contributed by atoms with Crippen molar-refractivity contribution in [3.63, 3.8) is 0 Å². The van der Waals surface area contributed by atoms with E-state index < -0.39 is 24.3 Å². The van der Waals surface area contributed by atoms with Crippen molar-refractivity contribution in [1.29, 1.82) is 0 Å². The van der Waals surface area contributed by atoms with E-state index in [2.05, 4.69) is 32.4 Å². The minimum absolute atomic E-state index is 0.0455. The zero-order valence-corrected chi connectivity index (χ0v) is 21.4. The first-order chi connectivity index (χ1) is 18.8. The van der Waals surface area contributed by atoms with Crippen molar-refractivity contribution in [1.82, 2.24) is 30.1 Å². The predicted molar refractivity (Wildman–Crippen MR) is 139 cm³/mol. The maximum atomic E-state index is 14.6. The molecule has 0 amide bonds. The van der Waals surface area contributed by atoms with E-state index >= 15 is 0 Å². The minimum Gasteiger partial charge on any atom is -0.489 e. The molecule has 4 aromatic rings. The van der Waals surface area contributed by atoms with E-state index in [1.54, 1.807) is 24.3 Å². The first kappa shape index (κ1) is 27.8. The second-order valence-corrected chi connectivity index (χ2v) is 9.07. The number of aliphatic hydroxyl groups is 2. The number of rotatable bonds is 10. The summed E-state index contributed by atoms with van der Waals surface area (Å²) in [6, 6.07) is 17.7. The molecule has 2 heterocycles. The number of benzene rings is 2. The molecule has 0 radical (unpaired) electrons. The van der Waals surface area contributed by atoms with Crippen molar-refractivity contribution in [2.75, 3.05) is 20.7 Å². The Balaban J connectivity index is 1.32. The van der Waals surface area contributed by atoms with Crippen LogP contribution in [0, 0.1) is 11.8 Å². The second kappa shape index (κ2) is 12.5. The fraction of sp³-hybridized carbons (Fsp3) is 0.286. The molecule has 4 rings (SSSR count). The van der Waals surface area contributed by atoms with Crippen LogP contribution in [-0.2, 0) is 19.1 Å². The monoisotopic (exact) mass is 534 g/mol. The first-order valence-electron chi connectivity index (χ1n) is 12.1. The Kier molecular flexibility index (Phi) is 8.93. The van der Waals surface area contributed by atoms with Gasteiger partial charge in [0.05, 0.1) is 19.2 Å². The average Bonchev–Trinajstić information content (AvgIpc) is 3.45. The molecule has 2 N–H and O–H groups in total. The zero-order valence-electron chi connectivity index (χ0n) is 21.4. The van der Waals surface area contributed by atoms with E-state index in [4.69, 9.17) is 4.74 Å². The van der Waals surface area contributed by atoms with E-state index in [1.165, 1.54) is 12.3 Å². The molecular formula is C28H28F2N6O3. The highest BCUT2D eigenvalue weighted by atomic mass is 19.3. The summed E-state index contributed by atoms with van der Waals surface area (Å²) in [4.78, 5) is 5.77. The van der Waals surface area contributed by atoms with Gasteiger partial charge in [0.15, 0.2) is 0 Å². The van der Waals surface area contributed by atoms with Gasteiger partial charge in [-0.1, -0.05) is 36.1 Å². The lowest BCUT2D eigenvalue weighted by molar-refractivity contribution is -0.124. The van der Waals surface area contributed by atoms with Gasteiger partial charge in [0.2, 0.25) is 0 Å². The molecule has 0 aliphatic rings. The van der Waals surface area contributed by atoms with Gasteiger partial charge in [-0.3, -0.25) is 4.98 Å². The number of hydrogen-bond acceptors (Lipinski definition) is 8. The molecule has 0 bridgehead atoms. The van der Waals surface area contributed by atoms with Crippen molar-refractivity contribution >= 4 is 0 Å². The van der Waals surface area contributed by atoms with Gasteiger partial charge in [-0.2, -0.15) is 8.78 Å². The number of nitrogens with zero attached hydrogens (tertiary/aromatic N) is 6. The van der Waals surface area contributed by atoms with Crippen LogP contribution in [0.2, 0.25) is 0 Å². The van der Waals surface area contributed by atoms with Gasteiger partial charge >= 0.3 is 5.92 Å². The lowest BCUT2D eigenvalue weighted by Gasteiger charge is -2.22. The van der Waals surface area contributed by atoms with Gasteiger partial charge < -0.3 is 19.8 Å². The molecular weight excluding hydrogens is 506 g/mol. The first-order valence-corrected chi connectivity index (χ1v) is 12.1. The Morgan fingerprint density at radius 3 is 2.28 bits per heavy atom. The maximum Gasteiger partial charge on any atom is 0.316 e. The maximum absolute atomic E-state index is 14.6. The highest BCUT2D eigenvalue weighted by molar-refractivity contribution is 5.44. The third-order valence-electron chi connectivity index (χ3n) is 6.05. The van der Waals surface area contributed by atoms with Gasteiger partial charge in [0.25, 0.3) is 0 Å². The van der Waals surface area contributed by atoms with E-state index in [-0.39, 0.29) is 12.6 Å². The fourth-order valence-electron chi connectivity index (χ4n) is 3.74. The van der Waals surface area contributed by atoms with Gasteiger partial charge in [-0.15, -0.1) is 5.10 Å². The van der Waals surface area contributed by atoms with Gasteiger partial charge in [0.1, 0.15) is 30.5 Å². The second-order valence-electron chi connectivity index (χ2n) is 9.07. The molecule has 2 aromatic carbocycles. The predicted octanol–water partition coefficient (Wildman–Crippen LogP) is 2.79. The normalized spacial score (nSPS) is 13.0. The summed E-state index contributed by atoms with van der Waals surface area (Å²) in [6.45, 7) is -0.0366. The molecule has 202 valence electrons. The number of aliphatic hydroxyl groups excluding tert-OH is 2. The number of tetrazole rings is 1. The summed E-state index contributed by atoms with van der Waals surface area (Å²) >= 11 is 0. The molecule has 0 aliphatic carbocycles. The Morgan fingerprint density at radius 1 is 1.00 bits per heavy atom. The summed E-state index contributed by atoms with van der Waals surface area (Å²) in [5.41, 5.74) is 2.63. The van der Waals surface area contributed by atoms with Crippen molar-refractivity contribution in [3.05, 3.63) is 101 Å². The van der Waals surface area contributed by atoms with E-state index in [1.807, 2.05) is 43.3 Å². The quantitative estimate of drug-likeness (QED) is 0.299. The SMILES string of the molecule is CN(C)C(CO)c1ccc(COc2ccc(C#Cc3ccc(C(F)(F)C(O)Cn4cnnn4)nc3)cc2)cc1. The molecule has 2 unspecified atom stereocenters. The van der Waals surface area contributed by atoms with Gasteiger partial charge in [-0.25, -0.2) is 4.68 Å². The summed E-state index contributed by atoms with van der Waals surface area (Å²) < 4.78 is 36.0. The van der Waals surface area contributed by atoms with Crippen LogP contribution < -0.4 is 4.74 Å². The molecule has 9 nitrogen and oxygen atoms in total. The lowest BCUT2D eigenvalue weighted by Crippen LogP contribution is -2.35. The van der Waals surface area contributed by atoms with Gasteiger partial charge in [-0.05, 0) is 72.0 Å². The van der Waals surface area contributed by atoms with Crippen molar-refractivity contribution in [2.45, 2.75) is 31.2 Å². The van der Waals surface area contributed by atoms with Crippen LogP contribution in [0.25, 0.3) is 0 Å². The molecule has 2 atom stereocenters. The number of aromatic nitrogens is 5. The number of pyridine rings is 1. The van der Waals surface area contributed by atoms with Crippen molar-refractivity contribution in [2.24, 2.45) is 0 Å². The van der Waals surface area contributed by atoms with E-state index in [9.17, 15) is 19.0 Å². The third-order valence-corrected chi connectivity index (χ3v) is 6.05. The zero-order chi connectivity index (χ0) is 27.8. The molecule has 11 heteroatoms. The van der Waals surface area contributed by atoms with Crippen LogP contribution in [0.3, 0.4) is 0 Å².